The van der Waals surface area contributed by atoms with Crippen LogP contribution in [0.1, 0.15) is 28.4 Å². The Morgan fingerprint density at radius 3 is 2.35 bits per heavy atom. The molecule has 1 unspecified atom stereocenters. The second-order valence-corrected chi connectivity index (χ2v) is 6.25. The molecule has 1 N–H and O–H groups in total. The fourth-order valence-corrected chi connectivity index (χ4v) is 2.92. The molecule has 0 bridgehead atoms. The number of hydrogen-bond donors (Lipinski definition) is 1. The highest BCUT2D eigenvalue weighted by atomic mass is 79.9. The summed E-state index contributed by atoms with van der Waals surface area (Å²) in [5.74, 6) is 0.332. The van der Waals surface area contributed by atoms with Gasteiger partial charge in [0.25, 0.3) is 5.91 Å². The third-order valence-corrected chi connectivity index (χ3v) is 4.52. The van der Waals surface area contributed by atoms with Gasteiger partial charge in [0.05, 0.1) is 39.4 Å². The van der Waals surface area contributed by atoms with Crippen LogP contribution in [0.4, 0.5) is 0 Å². The number of benzene rings is 2. The maximum Gasteiger partial charge on any atom is 0.307 e. The van der Waals surface area contributed by atoms with Crippen LogP contribution in [0.2, 0.25) is 0 Å². The van der Waals surface area contributed by atoms with Gasteiger partial charge in [-0.2, -0.15) is 0 Å². The third kappa shape index (κ3) is 4.76. The summed E-state index contributed by atoms with van der Waals surface area (Å²) >= 11 is 3.36. The predicted octanol–water partition coefficient (Wildman–Crippen LogP) is 3.50. The van der Waals surface area contributed by atoms with Crippen molar-refractivity contribution >= 4 is 27.8 Å². The fourth-order valence-electron chi connectivity index (χ4n) is 2.45. The number of hydrogen-bond acceptors (Lipinski definition) is 5. The van der Waals surface area contributed by atoms with Gasteiger partial charge in [0, 0.05) is 4.47 Å². The van der Waals surface area contributed by atoms with Crippen molar-refractivity contribution in [2.45, 2.75) is 12.5 Å². The van der Waals surface area contributed by atoms with Gasteiger partial charge < -0.3 is 19.5 Å². The Bertz CT molecular complexity index is 793. The molecule has 2 aromatic rings. The first-order valence-corrected chi connectivity index (χ1v) is 8.63. The summed E-state index contributed by atoms with van der Waals surface area (Å²) in [4.78, 5) is 24.5. The van der Waals surface area contributed by atoms with Crippen LogP contribution in [-0.4, -0.2) is 33.2 Å². The highest BCUT2D eigenvalue weighted by Crippen LogP contribution is 2.31. The average molecular weight is 422 g/mol. The average Bonchev–Trinajstić information content (AvgIpc) is 2.66. The van der Waals surface area contributed by atoms with E-state index in [-0.39, 0.29) is 12.3 Å². The van der Waals surface area contributed by atoms with E-state index in [4.69, 9.17) is 14.2 Å². The number of carbonyl (C=O) groups is 2. The molecule has 7 heteroatoms. The van der Waals surface area contributed by atoms with Crippen LogP contribution in [0.25, 0.3) is 0 Å². The third-order valence-electron chi connectivity index (χ3n) is 3.83. The molecule has 6 nitrogen and oxygen atoms in total. The van der Waals surface area contributed by atoms with Crippen LogP contribution in [0.3, 0.4) is 0 Å². The first-order chi connectivity index (χ1) is 12.5. The largest absolute Gasteiger partial charge is 0.493 e. The predicted molar refractivity (Wildman–Crippen MR) is 101 cm³/mol. The molecule has 0 aliphatic rings. The van der Waals surface area contributed by atoms with Crippen LogP contribution in [0.5, 0.6) is 11.5 Å². The van der Waals surface area contributed by atoms with Crippen molar-refractivity contribution in [1.29, 1.82) is 0 Å². The number of esters is 1. The summed E-state index contributed by atoms with van der Waals surface area (Å²) in [6.45, 7) is 0. The lowest BCUT2D eigenvalue weighted by Crippen LogP contribution is -2.30. The van der Waals surface area contributed by atoms with E-state index in [1.807, 2.05) is 6.07 Å². The first-order valence-electron chi connectivity index (χ1n) is 7.84. The van der Waals surface area contributed by atoms with Crippen LogP contribution in [-0.2, 0) is 9.53 Å². The second-order valence-electron chi connectivity index (χ2n) is 5.40. The molecule has 1 amide bonds. The number of rotatable bonds is 7. The maximum atomic E-state index is 12.6. The van der Waals surface area contributed by atoms with Gasteiger partial charge >= 0.3 is 5.97 Å². The monoisotopic (exact) mass is 421 g/mol. The number of halogens is 1. The van der Waals surface area contributed by atoms with Gasteiger partial charge in [-0.1, -0.05) is 18.2 Å². The molecule has 0 heterocycles. The van der Waals surface area contributed by atoms with Gasteiger partial charge in [0.2, 0.25) is 0 Å². The van der Waals surface area contributed by atoms with Crippen molar-refractivity contribution in [2.75, 3.05) is 21.3 Å². The van der Waals surface area contributed by atoms with Crippen molar-refractivity contribution < 1.29 is 23.8 Å². The van der Waals surface area contributed by atoms with Crippen molar-refractivity contribution in [2.24, 2.45) is 0 Å². The zero-order valence-corrected chi connectivity index (χ0v) is 16.3. The summed E-state index contributed by atoms with van der Waals surface area (Å²) in [6, 6.07) is 11.7. The van der Waals surface area contributed by atoms with E-state index in [1.165, 1.54) is 21.3 Å². The van der Waals surface area contributed by atoms with Crippen LogP contribution >= 0.6 is 15.9 Å². The summed E-state index contributed by atoms with van der Waals surface area (Å²) in [6.07, 6.45) is -0.0117. The minimum atomic E-state index is -0.582. The van der Waals surface area contributed by atoms with Gasteiger partial charge in [0.1, 0.15) is 0 Å². The topological polar surface area (TPSA) is 73.9 Å². The molecule has 138 valence electrons. The highest BCUT2D eigenvalue weighted by molar-refractivity contribution is 9.10. The lowest BCUT2D eigenvalue weighted by atomic mass is 10.0. The molecule has 2 aromatic carbocycles. The molecule has 0 saturated heterocycles. The van der Waals surface area contributed by atoms with Gasteiger partial charge in [0.15, 0.2) is 11.5 Å². The van der Waals surface area contributed by atoms with Crippen molar-refractivity contribution in [3.63, 3.8) is 0 Å². The maximum absolute atomic E-state index is 12.6. The zero-order chi connectivity index (χ0) is 19.1. The molecule has 0 aliphatic carbocycles. The summed E-state index contributed by atoms with van der Waals surface area (Å²) in [5.41, 5.74) is 1.18. The fraction of sp³-hybridized carbons (Fsp3) is 0.263. The Balaban J connectivity index is 2.33. The Labute approximate surface area is 160 Å². The summed E-state index contributed by atoms with van der Waals surface area (Å²) in [5, 5.41) is 2.88. The van der Waals surface area contributed by atoms with Crippen molar-refractivity contribution in [1.82, 2.24) is 5.32 Å². The van der Waals surface area contributed by atoms with E-state index in [0.717, 1.165) is 0 Å². The number of amides is 1. The lowest BCUT2D eigenvalue weighted by molar-refractivity contribution is -0.141. The highest BCUT2D eigenvalue weighted by Gasteiger charge is 2.22. The van der Waals surface area contributed by atoms with Crippen molar-refractivity contribution in [3.8, 4) is 11.5 Å². The molecule has 26 heavy (non-hydrogen) atoms. The SMILES string of the molecule is COC(=O)CC(NC(=O)c1ccccc1Br)c1ccc(OC)c(OC)c1. The normalized spacial score (nSPS) is 11.4. The Hall–Kier alpha value is -2.54. The number of carbonyl (C=O) groups excluding carboxylic acids is 2. The van der Waals surface area contributed by atoms with Crippen LogP contribution < -0.4 is 14.8 Å². The van der Waals surface area contributed by atoms with E-state index < -0.39 is 12.0 Å². The molecule has 2 rings (SSSR count). The van der Waals surface area contributed by atoms with E-state index in [2.05, 4.69) is 21.2 Å². The molecule has 0 spiro atoms. The number of ether oxygens (including phenoxy) is 3. The second kappa shape index (κ2) is 9.24. The van der Waals surface area contributed by atoms with E-state index >= 15 is 0 Å². The molecule has 0 saturated carbocycles. The zero-order valence-electron chi connectivity index (χ0n) is 14.7. The van der Waals surface area contributed by atoms with Gasteiger partial charge in [-0.3, -0.25) is 9.59 Å². The van der Waals surface area contributed by atoms with Crippen molar-refractivity contribution in [3.05, 3.63) is 58.1 Å². The van der Waals surface area contributed by atoms with E-state index in [0.29, 0.717) is 27.1 Å². The Morgan fingerprint density at radius 2 is 1.73 bits per heavy atom. The Kier molecular flexibility index (Phi) is 7.03. The number of methoxy groups -OCH3 is 3. The minimum absolute atomic E-state index is 0.0117. The summed E-state index contributed by atoms with van der Waals surface area (Å²) in [7, 11) is 4.37. The van der Waals surface area contributed by atoms with Gasteiger partial charge in [-0.15, -0.1) is 0 Å². The molecule has 0 fully saturated rings. The quantitative estimate of drug-likeness (QED) is 0.692. The molecule has 0 radical (unpaired) electrons. The van der Waals surface area contributed by atoms with E-state index in [9.17, 15) is 9.59 Å². The standard InChI is InChI=1S/C19H20BrNO5/c1-24-16-9-8-12(10-17(16)25-2)15(11-18(22)26-3)21-19(23)13-6-4-5-7-14(13)20/h4-10,15H,11H2,1-3H3,(H,21,23). The molecular formula is C19H20BrNO5. The van der Waals surface area contributed by atoms with Gasteiger partial charge in [-0.25, -0.2) is 0 Å². The molecular weight excluding hydrogens is 402 g/mol. The number of nitrogens with one attached hydrogen (secondary N) is 1. The minimum Gasteiger partial charge on any atom is -0.493 e. The Morgan fingerprint density at radius 1 is 1.04 bits per heavy atom. The molecule has 1 atom stereocenters. The lowest BCUT2D eigenvalue weighted by Gasteiger charge is -2.20. The molecule has 0 aromatic heterocycles. The van der Waals surface area contributed by atoms with Crippen LogP contribution in [0, 0.1) is 0 Å². The molecule has 0 aliphatic heterocycles. The van der Waals surface area contributed by atoms with Gasteiger partial charge in [-0.05, 0) is 45.8 Å². The first kappa shape index (κ1) is 19.8. The summed E-state index contributed by atoms with van der Waals surface area (Å²) < 4.78 is 16.0. The van der Waals surface area contributed by atoms with Crippen LogP contribution in [0.15, 0.2) is 46.9 Å². The smallest absolute Gasteiger partial charge is 0.307 e. The van der Waals surface area contributed by atoms with E-state index in [1.54, 1.807) is 36.4 Å².